The number of esters is 1. The second kappa shape index (κ2) is 5.34. The lowest BCUT2D eigenvalue weighted by atomic mass is 10.1. The second-order valence-electron chi connectivity index (χ2n) is 4.10. The maximum atomic E-state index is 13.3. The molecule has 1 aromatic heterocycles. The Bertz CT molecular complexity index is 762. The Kier molecular flexibility index (Phi) is 3.92. The summed E-state index contributed by atoms with van der Waals surface area (Å²) >= 11 is 0.887. The molecule has 0 atom stereocenters. The number of hydrogen-bond acceptors (Lipinski definition) is 5. The Labute approximate surface area is 120 Å². The topological polar surface area (TPSA) is 60.4 Å². The number of hydrogen-bond donors (Lipinski definition) is 0. The zero-order chi connectivity index (χ0) is 14.9. The van der Waals surface area contributed by atoms with Crippen LogP contribution < -0.4 is 0 Å². The van der Waals surface area contributed by atoms with Crippen molar-refractivity contribution in [1.29, 1.82) is 0 Å². The average molecular weight is 314 g/mol. The van der Waals surface area contributed by atoms with E-state index in [1.54, 1.807) is 12.1 Å². The number of benzene rings is 1. The molecule has 0 fully saturated rings. The van der Waals surface area contributed by atoms with Crippen LogP contribution in [0.1, 0.15) is 15.2 Å². The molecule has 0 spiro atoms. The summed E-state index contributed by atoms with van der Waals surface area (Å²) in [6, 6.07) is 8.41. The van der Waals surface area contributed by atoms with Gasteiger partial charge in [0.1, 0.15) is 9.77 Å². The van der Waals surface area contributed by atoms with E-state index in [1.807, 2.05) is 19.1 Å². The van der Waals surface area contributed by atoms with Crippen LogP contribution in [-0.2, 0) is 15.0 Å². The van der Waals surface area contributed by atoms with E-state index in [9.17, 15) is 17.1 Å². The highest BCUT2D eigenvalue weighted by Crippen LogP contribution is 2.35. The van der Waals surface area contributed by atoms with Crippen LogP contribution in [0.3, 0.4) is 0 Å². The van der Waals surface area contributed by atoms with Crippen molar-refractivity contribution < 1.29 is 21.8 Å². The molecule has 2 rings (SSSR count). The molecule has 0 N–H and O–H groups in total. The first-order valence-corrected chi connectivity index (χ1v) is 7.77. The number of methoxy groups -OCH3 is 1. The number of carbonyl (C=O) groups is 1. The van der Waals surface area contributed by atoms with Gasteiger partial charge in [0.05, 0.1) is 7.11 Å². The molecule has 7 heteroatoms. The monoisotopic (exact) mass is 314 g/mol. The standard InChI is InChI=1S/C13H11FO4S2/c1-8-4-3-5-9(6-8)10-7-11(20(14,16)17)12(19-10)13(15)18-2/h3-7H,1-2H3. The molecule has 0 radical (unpaired) electrons. The fourth-order valence-electron chi connectivity index (χ4n) is 1.73. The Morgan fingerprint density at radius 3 is 2.55 bits per heavy atom. The zero-order valence-corrected chi connectivity index (χ0v) is 12.3. The highest BCUT2D eigenvalue weighted by Gasteiger charge is 2.26. The van der Waals surface area contributed by atoms with Crippen LogP contribution in [0.25, 0.3) is 10.4 Å². The van der Waals surface area contributed by atoms with E-state index in [2.05, 4.69) is 4.74 Å². The number of thiophene rings is 1. The van der Waals surface area contributed by atoms with Crippen molar-refractivity contribution >= 4 is 27.5 Å². The van der Waals surface area contributed by atoms with Crippen LogP contribution in [0.15, 0.2) is 35.2 Å². The fourth-order valence-corrected chi connectivity index (χ4v) is 3.76. The number of halogens is 1. The van der Waals surface area contributed by atoms with E-state index in [1.165, 1.54) is 0 Å². The molecule has 20 heavy (non-hydrogen) atoms. The molecule has 106 valence electrons. The largest absolute Gasteiger partial charge is 0.465 e. The van der Waals surface area contributed by atoms with Gasteiger partial charge in [-0.05, 0) is 18.6 Å². The highest BCUT2D eigenvalue weighted by molar-refractivity contribution is 7.86. The fraction of sp³-hybridized carbons (Fsp3) is 0.154. The van der Waals surface area contributed by atoms with E-state index in [0.717, 1.165) is 35.6 Å². The minimum absolute atomic E-state index is 0.258. The molecular formula is C13H11FO4S2. The van der Waals surface area contributed by atoms with E-state index in [-0.39, 0.29) is 4.88 Å². The van der Waals surface area contributed by atoms with Gasteiger partial charge >= 0.3 is 16.2 Å². The van der Waals surface area contributed by atoms with Crippen molar-refractivity contribution in [3.63, 3.8) is 0 Å². The normalized spacial score (nSPS) is 11.3. The van der Waals surface area contributed by atoms with E-state index < -0.39 is 21.1 Å². The minimum Gasteiger partial charge on any atom is -0.465 e. The quantitative estimate of drug-likeness (QED) is 0.645. The first kappa shape index (κ1) is 14.7. The van der Waals surface area contributed by atoms with Crippen LogP contribution in [0.4, 0.5) is 3.89 Å². The number of carbonyl (C=O) groups excluding carboxylic acids is 1. The number of ether oxygens (including phenoxy) is 1. The summed E-state index contributed by atoms with van der Waals surface area (Å²) in [7, 11) is -3.86. The van der Waals surface area contributed by atoms with Gasteiger partial charge in [0, 0.05) is 4.88 Å². The Morgan fingerprint density at radius 1 is 1.30 bits per heavy atom. The third-order valence-corrected chi connectivity index (χ3v) is 4.77. The van der Waals surface area contributed by atoms with Gasteiger partial charge in [-0.1, -0.05) is 29.8 Å². The summed E-state index contributed by atoms with van der Waals surface area (Å²) in [6.07, 6.45) is 0. The predicted octanol–water partition coefficient (Wildman–Crippen LogP) is 3.17. The van der Waals surface area contributed by atoms with Gasteiger partial charge in [0.25, 0.3) is 0 Å². The maximum Gasteiger partial charge on any atom is 0.349 e. The smallest absolute Gasteiger partial charge is 0.349 e. The second-order valence-corrected chi connectivity index (χ2v) is 6.47. The minimum atomic E-state index is -4.98. The lowest BCUT2D eigenvalue weighted by Gasteiger charge is -1.98. The van der Waals surface area contributed by atoms with Crippen LogP contribution in [-0.4, -0.2) is 21.5 Å². The first-order chi connectivity index (χ1) is 9.32. The van der Waals surface area contributed by atoms with Gasteiger partial charge < -0.3 is 4.74 Å². The predicted molar refractivity (Wildman–Crippen MR) is 74.1 cm³/mol. The highest BCUT2D eigenvalue weighted by atomic mass is 32.3. The average Bonchev–Trinajstić information content (AvgIpc) is 2.82. The molecule has 1 aromatic carbocycles. The molecule has 0 aliphatic heterocycles. The Hall–Kier alpha value is -1.73. The summed E-state index contributed by atoms with van der Waals surface area (Å²) < 4.78 is 40.0. The Balaban J connectivity index is 2.63. The third-order valence-electron chi connectivity index (χ3n) is 2.63. The molecule has 2 aromatic rings. The van der Waals surface area contributed by atoms with Crippen LogP contribution >= 0.6 is 11.3 Å². The van der Waals surface area contributed by atoms with Crippen molar-refractivity contribution in [3.8, 4) is 10.4 Å². The summed E-state index contributed by atoms with van der Waals surface area (Å²) in [4.78, 5) is 11.1. The number of aryl methyl sites for hydroxylation is 1. The van der Waals surface area contributed by atoms with Crippen molar-refractivity contribution in [3.05, 3.63) is 40.8 Å². The maximum absolute atomic E-state index is 13.3. The van der Waals surface area contributed by atoms with Crippen LogP contribution in [0.5, 0.6) is 0 Å². The van der Waals surface area contributed by atoms with Gasteiger partial charge in [-0.15, -0.1) is 15.2 Å². The summed E-state index contributed by atoms with van der Waals surface area (Å²) in [6.45, 7) is 1.88. The van der Waals surface area contributed by atoms with Crippen molar-refractivity contribution in [2.45, 2.75) is 11.8 Å². The van der Waals surface area contributed by atoms with Gasteiger partial charge in [0.15, 0.2) is 0 Å². The molecule has 0 aliphatic rings. The molecule has 0 aliphatic carbocycles. The Morgan fingerprint density at radius 2 is 2.00 bits per heavy atom. The first-order valence-electron chi connectivity index (χ1n) is 5.57. The summed E-state index contributed by atoms with van der Waals surface area (Å²) in [5.41, 5.74) is 1.69. The van der Waals surface area contributed by atoms with Crippen molar-refractivity contribution in [2.75, 3.05) is 7.11 Å². The SMILES string of the molecule is COC(=O)c1sc(-c2cccc(C)c2)cc1S(=O)(=O)F. The van der Waals surface area contributed by atoms with Crippen LogP contribution in [0.2, 0.25) is 0 Å². The molecule has 0 amide bonds. The molecular weight excluding hydrogens is 303 g/mol. The van der Waals surface area contributed by atoms with Crippen molar-refractivity contribution in [1.82, 2.24) is 0 Å². The van der Waals surface area contributed by atoms with Gasteiger partial charge in [-0.25, -0.2) is 4.79 Å². The van der Waals surface area contributed by atoms with Crippen molar-refractivity contribution in [2.24, 2.45) is 0 Å². The van der Waals surface area contributed by atoms with Gasteiger partial charge in [-0.3, -0.25) is 0 Å². The molecule has 0 bridgehead atoms. The third kappa shape index (κ3) is 2.88. The lowest BCUT2D eigenvalue weighted by molar-refractivity contribution is 0.0602. The molecule has 1 heterocycles. The summed E-state index contributed by atoms with van der Waals surface area (Å²) in [5.74, 6) is -0.870. The summed E-state index contributed by atoms with van der Waals surface area (Å²) in [5, 5.41) is 0. The molecule has 0 unspecified atom stereocenters. The van der Waals surface area contributed by atoms with E-state index in [4.69, 9.17) is 0 Å². The van der Waals surface area contributed by atoms with E-state index in [0.29, 0.717) is 4.88 Å². The van der Waals surface area contributed by atoms with E-state index >= 15 is 0 Å². The zero-order valence-electron chi connectivity index (χ0n) is 10.7. The van der Waals surface area contributed by atoms with Crippen LogP contribution in [0, 0.1) is 6.92 Å². The van der Waals surface area contributed by atoms with Gasteiger partial charge in [-0.2, -0.15) is 8.42 Å². The molecule has 4 nitrogen and oxygen atoms in total. The van der Waals surface area contributed by atoms with Gasteiger partial charge in [0.2, 0.25) is 0 Å². The lowest BCUT2D eigenvalue weighted by Crippen LogP contribution is -2.03. The molecule has 0 saturated carbocycles. The molecule has 0 saturated heterocycles. The number of rotatable bonds is 3.